The van der Waals surface area contributed by atoms with Gasteiger partial charge in [0.25, 0.3) is 0 Å². The van der Waals surface area contributed by atoms with Crippen LogP contribution in [0.25, 0.3) is 93.2 Å². The molecule has 0 aliphatic heterocycles. The second-order valence-corrected chi connectivity index (χ2v) is 18.6. The largest absolute Gasteiger partial charge is 0.309 e. The van der Waals surface area contributed by atoms with Crippen LogP contribution in [0, 0.1) is 0 Å². The molecule has 68 heavy (non-hydrogen) atoms. The van der Waals surface area contributed by atoms with E-state index in [0.717, 1.165) is 22.7 Å². The minimum atomic E-state index is 0.568. The van der Waals surface area contributed by atoms with E-state index in [2.05, 4.69) is 246 Å². The van der Waals surface area contributed by atoms with Crippen molar-refractivity contribution in [3.05, 3.63) is 242 Å². The molecule has 0 N–H and O–H groups in total. The van der Waals surface area contributed by atoms with E-state index in [4.69, 9.17) is 0 Å². The Labute approximate surface area is 398 Å². The first-order valence-electron chi connectivity index (χ1n) is 24.4. The smallest absolute Gasteiger partial charge is 0.0547 e. The maximum atomic E-state index is 2.53. The van der Waals surface area contributed by atoms with Gasteiger partial charge in [-0.25, -0.2) is 0 Å². The molecule has 11 aromatic carbocycles. The number of fused-ring (bicyclic) bond motifs is 7. The Morgan fingerprint density at radius 2 is 0.912 bits per heavy atom. The molecule has 2 heteroatoms. The summed E-state index contributed by atoms with van der Waals surface area (Å²) in [6.45, 7) is 0. The lowest BCUT2D eigenvalue weighted by atomic mass is 9.80. The van der Waals surface area contributed by atoms with Crippen molar-refractivity contribution >= 4 is 71.2 Å². The Morgan fingerprint density at radius 1 is 0.338 bits per heavy atom. The highest BCUT2D eigenvalue weighted by Gasteiger charge is 2.25. The van der Waals surface area contributed by atoms with Gasteiger partial charge in [-0.1, -0.05) is 207 Å². The molecule has 1 aliphatic carbocycles. The molecular weight excluding hydrogens is 821 g/mol. The molecule has 2 nitrogen and oxygen atoms in total. The fourth-order valence-electron chi connectivity index (χ4n) is 11.7. The van der Waals surface area contributed by atoms with Crippen LogP contribution in [0.3, 0.4) is 0 Å². The third-order valence-electron chi connectivity index (χ3n) is 14.8. The van der Waals surface area contributed by atoms with Crippen LogP contribution in [0.15, 0.2) is 237 Å². The fourth-order valence-corrected chi connectivity index (χ4v) is 11.7. The zero-order valence-corrected chi connectivity index (χ0v) is 38.0. The van der Waals surface area contributed by atoms with Crippen LogP contribution in [0.5, 0.6) is 0 Å². The van der Waals surface area contributed by atoms with Crippen LogP contribution in [0.2, 0.25) is 0 Å². The molecule has 1 aliphatic rings. The van der Waals surface area contributed by atoms with Crippen molar-refractivity contribution in [1.29, 1.82) is 0 Å². The third-order valence-corrected chi connectivity index (χ3v) is 14.8. The standard InChI is InChI=1S/C66H50N2/c1-3-19-45(20-4-1)52-30-15-22-48-23-16-34-59(65(48)52)58-28-10-13-36-62(58)67(61-35-12-9-27-57(61)55-33-17-32-54-51-26-8-7-21-46(51)41-44-56(54)55)50-42-39-47(40-43-50)53-31-18-38-64-66(53)60-29-11-14-37-63(60)68(64)49-24-5-2-6-25-49/h2,5-18,21-45H,1,3-4,19-20H2. The molecule has 0 amide bonds. The van der Waals surface area contributed by atoms with Gasteiger partial charge in [0, 0.05) is 33.3 Å². The number of aromatic nitrogens is 1. The highest BCUT2D eigenvalue weighted by molar-refractivity contribution is 6.16. The number of hydrogen-bond donors (Lipinski definition) is 0. The summed E-state index contributed by atoms with van der Waals surface area (Å²) in [7, 11) is 0. The van der Waals surface area contributed by atoms with Gasteiger partial charge in [0.1, 0.15) is 0 Å². The van der Waals surface area contributed by atoms with E-state index >= 15 is 0 Å². The second kappa shape index (κ2) is 16.9. The Balaban J connectivity index is 1.03. The quantitative estimate of drug-likeness (QED) is 0.138. The van der Waals surface area contributed by atoms with Crippen molar-refractivity contribution < 1.29 is 0 Å². The summed E-state index contributed by atoms with van der Waals surface area (Å²) in [5.41, 5.74) is 15.8. The van der Waals surface area contributed by atoms with E-state index in [1.165, 1.54) is 125 Å². The summed E-state index contributed by atoms with van der Waals surface area (Å²) in [5, 5.41) is 10.3. The zero-order valence-electron chi connectivity index (χ0n) is 38.0. The highest BCUT2D eigenvalue weighted by Crippen LogP contribution is 2.49. The first-order valence-corrected chi connectivity index (χ1v) is 24.4. The van der Waals surface area contributed by atoms with Crippen molar-refractivity contribution in [2.75, 3.05) is 4.90 Å². The molecule has 0 unspecified atom stereocenters. The van der Waals surface area contributed by atoms with Gasteiger partial charge < -0.3 is 9.47 Å². The average Bonchev–Trinajstić information content (AvgIpc) is 3.76. The lowest BCUT2D eigenvalue weighted by Gasteiger charge is -2.31. The van der Waals surface area contributed by atoms with E-state index in [-0.39, 0.29) is 0 Å². The lowest BCUT2D eigenvalue weighted by molar-refractivity contribution is 0.445. The molecule has 1 heterocycles. The van der Waals surface area contributed by atoms with Crippen LogP contribution < -0.4 is 4.90 Å². The topological polar surface area (TPSA) is 8.17 Å². The second-order valence-electron chi connectivity index (χ2n) is 18.6. The summed E-state index contributed by atoms with van der Waals surface area (Å²) in [4.78, 5) is 2.53. The predicted molar refractivity (Wildman–Crippen MR) is 290 cm³/mol. The molecule has 12 aromatic rings. The van der Waals surface area contributed by atoms with E-state index in [0.29, 0.717) is 5.92 Å². The van der Waals surface area contributed by atoms with E-state index in [1.807, 2.05) is 0 Å². The monoisotopic (exact) mass is 870 g/mol. The maximum Gasteiger partial charge on any atom is 0.0547 e. The normalized spacial score (nSPS) is 13.2. The summed E-state index contributed by atoms with van der Waals surface area (Å²) in [6, 6.07) is 87.9. The predicted octanol–water partition coefficient (Wildman–Crippen LogP) is 18.8. The lowest BCUT2D eigenvalue weighted by Crippen LogP contribution is -2.12. The molecule has 1 fully saturated rings. The van der Waals surface area contributed by atoms with Gasteiger partial charge in [-0.05, 0) is 127 Å². The summed E-state index contributed by atoms with van der Waals surface area (Å²) >= 11 is 0. The van der Waals surface area contributed by atoms with Crippen molar-refractivity contribution in [2.24, 2.45) is 0 Å². The Hall–Kier alpha value is -8.20. The zero-order chi connectivity index (χ0) is 45.0. The van der Waals surface area contributed by atoms with Gasteiger partial charge >= 0.3 is 0 Å². The molecule has 1 saturated carbocycles. The van der Waals surface area contributed by atoms with Gasteiger partial charge in [-0.3, -0.25) is 0 Å². The Bertz CT molecular complexity index is 3830. The van der Waals surface area contributed by atoms with Gasteiger partial charge in [0.2, 0.25) is 0 Å². The number of hydrogen-bond acceptors (Lipinski definition) is 1. The molecule has 1 aromatic heterocycles. The van der Waals surface area contributed by atoms with Crippen molar-refractivity contribution in [1.82, 2.24) is 4.57 Å². The van der Waals surface area contributed by atoms with Crippen molar-refractivity contribution in [3.63, 3.8) is 0 Å². The molecule has 13 rings (SSSR count). The van der Waals surface area contributed by atoms with E-state index in [9.17, 15) is 0 Å². The van der Waals surface area contributed by atoms with Crippen LogP contribution in [-0.2, 0) is 0 Å². The summed E-state index contributed by atoms with van der Waals surface area (Å²) < 4.78 is 2.40. The molecular formula is C66H50N2. The van der Waals surface area contributed by atoms with E-state index < -0.39 is 0 Å². The number of nitrogens with zero attached hydrogens (tertiary/aromatic N) is 2. The van der Waals surface area contributed by atoms with Crippen LogP contribution in [0.1, 0.15) is 43.6 Å². The van der Waals surface area contributed by atoms with Crippen molar-refractivity contribution in [3.8, 4) is 39.1 Å². The van der Waals surface area contributed by atoms with Gasteiger partial charge in [0.05, 0.1) is 22.4 Å². The Kier molecular flexibility index (Phi) is 9.97. The minimum absolute atomic E-state index is 0.568. The van der Waals surface area contributed by atoms with Gasteiger partial charge in [-0.15, -0.1) is 0 Å². The van der Waals surface area contributed by atoms with E-state index in [1.54, 1.807) is 0 Å². The first-order chi connectivity index (χ1) is 33.8. The fraction of sp³-hybridized carbons (Fsp3) is 0.0909. The Morgan fingerprint density at radius 3 is 1.72 bits per heavy atom. The van der Waals surface area contributed by atoms with Crippen LogP contribution >= 0.6 is 0 Å². The third kappa shape index (κ3) is 6.70. The molecule has 324 valence electrons. The van der Waals surface area contributed by atoms with Crippen molar-refractivity contribution in [2.45, 2.75) is 38.0 Å². The molecule has 0 bridgehead atoms. The molecule has 0 atom stereocenters. The molecule has 0 spiro atoms. The number of benzene rings is 11. The first kappa shape index (κ1) is 40.1. The highest BCUT2D eigenvalue weighted by atomic mass is 15.1. The van der Waals surface area contributed by atoms with Crippen LogP contribution in [0.4, 0.5) is 17.1 Å². The van der Waals surface area contributed by atoms with Gasteiger partial charge in [0.15, 0.2) is 0 Å². The number of anilines is 3. The number of rotatable bonds is 8. The van der Waals surface area contributed by atoms with Crippen LogP contribution in [-0.4, -0.2) is 4.57 Å². The molecule has 0 radical (unpaired) electrons. The number of para-hydroxylation sites is 4. The average molecular weight is 871 g/mol. The summed E-state index contributed by atoms with van der Waals surface area (Å²) in [5.74, 6) is 0.568. The molecule has 0 saturated heterocycles. The minimum Gasteiger partial charge on any atom is -0.309 e. The maximum absolute atomic E-state index is 2.53. The SMILES string of the molecule is c1ccc(-n2c3ccccc3c3c(-c4ccc(N(c5ccccc5-c5cccc6c5ccc5ccccc56)c5ccccc5-c5cccc6cccc(C7CCCCC7)c56)cc4)cccc32)cc1. The summed E-state index contributed by atoms with van der Waals surface area (Å²) in [6.07, 6.45) is 6.44. The van der Waals surface area contributed by atoms with Gasteiger partial charge in [-0.2, -0.15) is 0 Å².